The Balaban J connectivity index is 2.31. The van der Waals surface area contributed by atoms with Crippen molar-refractivity contribution in [3.63, 3.8) is 0 Å². The minimum Gasteiger partial charge on any atom is -0.370 e. The van der Waals surface area contributed by atoms with Crippen LogP contribution in [-0.4, -0.2) is 16.5 Å². The second-order valence-electron chi connectivity index (χ2n) is 3.95. The van der Waals surface area contributed by atoms with E-state index in [2.05, 4.69) is 11.8 Å². The summed E-state index contributed by atoms with van der Waals surface area (Å²) in [6.07, 6.45) is 4.17. The monoisotopic (exact) mass is 224 g/mol. The van der Waals surface area contributed by atoms with Crippen molar-refractivity contribution in [2.75, 3.05) is 0 Å². The van der Waals surface area contributed by atoms with E-state index in [1.807, 2.05) is 30.3 Å². The van der Waals surface area contributed by atoms with Gasteiger partial charge in [0.25, 0.3) is 0 Å². The predicted molar refractivity (Wildman–Crippen MR) is 66.2 cm³/mol. The molecule has 2 heteroatoms. The van der Waals surface area contributed by atoms with Gasteiger partial charge in [-0.25, -0.2) is 0 Å². The minimum atomic E-state index is -1.33. The molecule has 0 fully saturated rings. The van der Waals surface area contributed by atoms with Gasteiger partial charge in [-0.3, -0.25) is 4.79 Å². The summed E-state index contributed by atoms with van der Waals surface area (Å²) in [5, 5.41) is 10.2. The largest absolute Gasteiger partial charge is 0.370 e. The lowest BCUT2D eigenvalue weighted by Gasteiger charge is -2.21. The van der Waals surface area contributed by atoms with Crippen molar-refractivity contribution in [1.29, 1.82) is 0 Å². The summed E-state index contributed by atoms with van der Waals surface area (Å²) < 4.78 is 0. The number of ketones is 1. The average Bonchev–Trinajstić information content (AvgIpc) is 2.34. The third-order valence-corrected chi connectivity index (χ3v) is 2.62. The number of allylic oxidation sites excluding steroid dienone is 2. The molecule has 0 bridgehead atoms. The first kappa shape index (κ1) is 11.4. The molecule has 2 nitrogen and oxygen atoms in total. The molecule has 0 saturated heterocycles. The molecule has 0 radical (unpaired) electrons. The highest BCUT2D eigenvalue weighted by atomic mass is 16.3. The Morgan fingerprint density at radius 2 is 1.94 bits per heavy atom. The molecule has 84 valence electrons. The first-order valence-corrected chi connectivity index (χ1v) is 5.33. The number of aliphatic hydroxyl groups is 1. The van der Waals surface area contributed by atoms with E-state index in [1.165, 1.54) is 18.2 Å². The summed E-state index contributed by atoms with van der Waals surface area (Å²) in [5.74, 6) is 5.56. The second-order valence-corrected chi connectivity index (χ2v) is 3.95. The third-order valence-electron chi connectivity index (χ3n) is 2.62. The van der Waals surface area contributed by atoms with Gasteiger partial charge in [0.15, 0.2) is 11.4 Å². The molecule has 1 atom stereocenters. The van der Waals surface area contributed by atoms with Crippen LogP contribution < -0.4 is 0 Å². The summed E-state index contributed by atoms with van der Waals surface area (Å²) in [4.78, 5) is 11.1. The van der Waals surface area contributed by atoms with E-state index in [9.17, 15) is 9.90 Å². The fraction of sp³-hybridized carbons (Fsp3) is 0.133. The number of carbonyl (C=O) groups is 1. The maximum Gasteiger partial charge on any atom is 0.178 e. The van der Waals surface area contributed by atoms with Crippen molar-refractivity contribution in [3.8, 4) is 11.8 Å². The van der Waals surface area contributed by atoms with E-state index in [0.29, 0.717) is 5.57 Å². The second kappa shape index (κ2) is 4.40. The first-order chi connectivity index (χ1) is 8.10. The molecule has 0 saturated carbocycles. The van der Waals surface area contributed by atoms with Crippen molar-refractivity contribution >= 4 is 5.78 Å². The zero-order valence-corrected chi connectivity index (χ0v) is 9.47. The molecule has 1 N–H and O–H groups in total. The average molecular weight is 224 g/mol. The highest BCUT2D eigenvalue weighted by Gasteiger charge is 2.26. The summed E-state index contributed by atoms with van der Waals surface area (Å²) >= 11 is 0. The molecule has 0 amide bonds. The smallest absolute Gasteiger partial charge is 0.178 e. The van der Waals surface area contributed by atoms with Gasteiger partial charge in [0.05, 0.1) is 0 Å². The zero-order chi connectivity index (χ0) is 12.3. The van der Waals surface area contributed by atoms with Crippen LogP contribution in [0.5, 0.6) is 0 Å². The predicted octanol–water partition coefficient (Wildman–Crippen LogP) is 1.85. The molecule has 0 aliphatic heterocycles. The van der Waals surface area contributed by atoms with Gasteiger partial charge in [-0.05, 0) is 42.9 Å². The van der Waals surface area contributed by atoms with Crippen LogP contribution in [0.1, 0.15) is 12.5 Å². The fourth-order valence-corrected chi connectivity index (χ4v) is 1.53. The molecular formula is C15H12O2. The quantitative estimate of drug-likeness (QED) is 0.683. The molecule has 2 rings (SSSR count). The topological polar surface area (TPSA) is 37.3 Å². The summed E-state index contributed by atoms with van der Waals surface area (Å²) in [5.41, 5.74) is 0.0523. The Morgan fingerprint density at radius 3 is 2.59 bits per heavy atom. The van der Waals surface area contributed by atoms with E-state index < -0.39 is 5.60 Å². The van der Waals surface area contributed by atoms with Crippen molar-refractivity contribution < 1.29 is 9.90 Å². The molecule has 17 heavy (non-hydrogen) atoms. The Kier molecular flexibility index (Phi) is 2.95. The van der Waals surface area contributed by atoms with E-state index in [1.54, 1.807) is 6.92 Å². The van der Waals surface area contributed by atoms with Gasteiger partial charge in [-0.2, -0.15) is 0 Å². The zero-order valence-electron chi connectivity index (χ0n) is 9.47. The summed E-state index contributed by atoms with van der Waals surface area (Å²) in [6, 6.07) is 9.42. The number of hydrogen-bond donors (Lipinski definition) is 1. The van der Waals surface area contributed by atoms with Gasteiger partial charge in [0.1, 0.15) is 0 Å². The van der Waals surface area contributed by atoms with E-state index in [4.69, 9.17) is 0 Å². The molecular weight excluding hydrogens is 212 g/mol. The van der Waals surface area contributed by atoms with Gasteiger partial charge in [-0.15, -0.1) is 0 Å². The standard InChI is InChI=1S/C15H12O2/c1-12-11-14(16)8-10-15(12,17)9-7-13-5-3-2-4-6-13/h2-6,8,10-11,17H,1H3. The van der Waals surface area contributed by atoms with Crippen LogP contribution in [0.3, 0.4) is 0 Å². The number of benzene rings is 1. The highest BCUT2D eigenvalue weighted by Crippen LogP contribution is 2.21. The SMILES string of the molecule is CC1=CC(=O)C=CC1(O)C#Cc1ccccc1. The maximum atomic E-state index is 11.1. The molecule has 0 spiro atoms. The van der Waals surface area contributed by atoms with Gasteiger partial charge in [0.2, 0.25) is 0 Å². The van der Waals surface area contributed by atoms with E-state index in [-0.39, 0.29) is 5.78 Å². The van der Waals surface area contributed by atoms with Crippen molar-refractivity contribution in [2.45, 2.75) is 12.5 Å². The molecule has 0 aromatic heterocycles. The van der Waals surface area contributed by atoms with Gasteiger partial charge < -0.3 is 5.11 Å². The van der Waals surface area contributed by atoms with Crippen LogP contribution in [0.25, 0.3) is 0 Å². The van der Waals surface area contributed by atoms with E-state index in [0.717, 1.165) is 5.56 Å². The molecule has 1 aromatic rings. The Labute approximate surface area is 100 Å². The number of carbonyl (C=O) groups excluding carboxylic acids is 1. The van der Waals surface area contributed by atoms with Crippen molar-refractivity contribution in [2.24, 2.45) is 0 Å². The van der Waals surface area contributed by atoms with Crippen LogP contribution in [0.15, 0.2) is 54.1 Å². The lowest BCUT2D eigenvalue weighted by Crippen LogP contribution is -2.28. The van der Waals surface area contributed by atoms with Crippen molar-refractivity contribution in [3.05, 3.63) is 59.7 Å². The van der Waals surface area contributed by atoms with Crippen LogP contribution in [0.2, 0.25) is 0 Å². The van der Waals surface area contributed by atoms with Gasteiger partial charge >= 0.3 is 0 Å². The maximum absolute atomic E-state index is 11.1. The minimum absolute atomic E-state index is 0.117. The van der Waals surface area contributed by atoms with Crippen LogP contribution in [0, 0.1) is 11.8 Å². The lowest BCUT2D eigenvalue weighted by molar-refractivity contribution is -0.110. The van der Waals surface area contributed by atoms with Crippen molar-refractivity contribution in [1.82, 2.24) is 0 Å². The Morgan fingerprint density at radius 1 is 1.24 bits per heavy atom. The molecule has 1 aromatic carbocycles. The van der Waals surface area contributed by atoms with Crippen LogP contribution in [0.4, 0.5) is 0 Å². The van der Waals surface area contributed by atoms with Gasteiger partial charge in [0, 0.05) is 5.56 Å². The van der Waals surface area contributed by atoms with Crippen LogP contribution >= 0.6 is 0 Å². The number of hydrogen-bond acceptors (Lipinski definition) is 2. The molecule has 1 aliphatic rings. The Hall–Kier alpha value is -2.11. The number of rotatable bonds is 0. The molecule has 1 aliphatic carbocycles. The fourth-order valence-electron chi connectivity index (χ4n) is 1.53. The molecule has 0 heterocycles. The molecule has 1 unspecified atom stereocenters. The summed E-state index contributed by atoms with van der Waals surface area (Å²) in [7, 11) is 0. The highest BCUT2D eigenvalue weighted by molar-refractivity contribution is 6.01. The van der Waals surface area contributed by atoms with Gasteiger partial charge in [-0.1, -0.05) is 30.0 Å². The van der Waals surface area contributed by atoms with Crippen LogP contribution in [-0.2, 0) is 4.79 Å². The first-order valence-electron chi connectivity index (χ1n) is 5.33. The lowest BCUT2D eigenvalue weighted by atomic mass is 9.89. The summed E-state index contributed by atoms with van der Waals surface area (Å²) in [6.45, 7) is 1.70. The third kappa shape index (κ3) is 2.52. The van der Waals surface area contributed by atoms with E-state index >= 15 is 0 Å². The Bertz CT molecular complexity index is 556. The normalized spacial score (nSPS) is 22.7.